The van der Waals surface area contributed by atoms with E-state index in [0.717, 1.165) is 12.0 Å². The van der Waals surface area contributed by atoms with E-state index in [0.29, 0.717) is 0 Å². The van der Waals surface area contributed by atoms with Crippen LogP contribution in [0.3, 0.4) is 0 Å². The minimum absolute atomic E-state index is 0.0281. The molecule has 0 aliphatic carbocycles. The van der Waals surface area contributed by atoms with E-state index in [1.165, 1.54) is 25.1 Å². The van der Waals surface area contributed by atoms with Crippen molar-refractivity contribution < 1.29 is 19.2 Å². The Morgan fingerprint density at radius 1 is 1.07 bits per heavy atom. The van der Waals surface area contributed by atoms with E-state index in [-0.39, 0.29) is 17.3 Å². The standard InChI is InChI=1S/C21H24N2O5/c1-4-14(2)19(16-10-6-5-7-11-16)21(25)28-15(3)20(24)22-17-12-8-9-13-18(17)23(26)27/h5-15,19H,4H2,1-3H3,(H,22,24)/t14-,15-,19+/m0/s1. The summed E-state index contributed by atoms with van der Waals surface area (Å²) in [5.74, 6) is -1.59. The molecule has 2 aromatic rings. The molecule has 0 saturated carbocycles. The number of nitrogens with one attached hydrogen (secondary N) is 1. The Kier molecular flexibility index (Phi) is 7.26. The molecule has 0 fully saturated rings. The van der Waals surface area contributed by atoms with E-state index in [2.05, 4.69) is 5.32 Å². The molecule has 0 heterocycles. The SMILES string of the molecule is CC[C@H](C)[C@@H](C(=O)O[C@@H](C)C(=O)Nc1ccccc1[N+](=O)[O-])c1ccccc1. The number of carbonyl (C=O) groups is 2. The molecule has 0 aliphatic heterocycles. The van der Waals surface area contributed by atoms with Crippen molar-refractivity contribution in [2.45, 2.75) is 39.2 Å². The van der Waals surface area contributed by atoms with Crippen molar-refractivity contribution in [2.75, 3.05) is 5.32 Å². The lowest BCUT2D eigenvalue weighted by atomic mass is 9.85. The number of benzene rings is 2. The molecular weight excluding hydrogens is 360 g/mol. The Bertz CT molecular complexity index is 838. The molecule has 1 amide bonds. The number of para-hydroxylation sites is 2. The van der Waals surface area contributed by atoms with Crippen LogP contribution in [-0.2, 0) is 14.3 Å². The normalized spacial score (nSPS) is 13.8. The van der Waals surface area contributed by atoms with Gasteiger partial charge in [0.25, 0.3) is 11.6 Å². The molecule has 0 radical (unpaired) electrons. The van der Waals surface area contributed by atoms with Crippen LogP contribution in [0.15, 0.2) is 54.6 Å². The van der Waals surface area contributed by atoms with Crippen LogP contribution in [0.2, 0.25) is 0 Å². The van der Waals surface area contributed by atoms with Crippen LogP contribution in [0.25, 0.3) is 0 Å². The Morgan fingerprint density at radius 2 is 1.68 bits per heavy atom. The minimum atomic E-state index is -1.09. The van der Waals surface area contributed by atoms with Crippen LogP contribution in [0.4, 0.5) is 11.4 Å². The number of nitro benzene ring substituents is 1. The Hall–Kier alpha value is -3.22. The van der Waals surface area contributed by atoms with E-state index in [9.17, 15) is 19.7 Å². The summed E-state index contributed by atoms with van der Waals surface area (Å²) in [6, 6.07) is 15.1. The maximum absolute atomic E-state index is 12.8. The highest BCUT2D eigenvalue weighted by atomic mass is 16.6. The molecule has 7 nitrogen and oxygen atoms in total. The van der Waals surface area contributed by atoms with Gasteiger partial charge in [0.15, 0.2) is 6.10 Å². The largest absolute Gasteiger partial charge is 0.452 e. The summed E-state index contributed by atoms with van der Waals surface area (Å²) in [6.07, 6.45) is -0.326. The minimum Gasteiger partial charge on any atom is -0.452 e. The maximum atomic E-state index is 12.8. The summed E-state index contributed by atoms with van der Waals surface area (Å²) in [6.45, 7) is 5.39. The maximum Gasteiger partial charge on any atom is 0.314 e. The summed E-state index contributed by atoms with van der Waals surface area (Å²) in [7, 11) is 0. The highest BCUT2D eigenvalue weighted by Crippen LogP contribution is 2.29. The summed E-state index contributed by atoms with van der Waals surface area (Å²) < 4.78 is 5.40. The van der Waals surface area contributed by atoms with Gasteiger partial charge in [-0.2, -0.15) is 0 Å². The van der Waals surface area contributed by atoms with Crippen LogP contribution < -0.4 is 5.32 Å². The first-order valence-electron chi connectivity index (χ1n) is 9.14. The van der Waals surface area contributed by atoms with Crippen LogP contribution in [0, 0.1) is 16.0 Å². The highest BCUT2D eigenvalue weighted by molar-refractivity contribution is 5.97. The van der Waals surface area contributed by atoms with Gasteiger partial charge in [0.2, 0.25) is 0 Å². The zero-order valence-corrected chi connectivity index (χ0v) is 16.1. The third-order valence-corrected chi connectivity index (χ3v) is 4.65. The number of rotatable bonds is 8. The van der Waals surface area contributed by atoms with Crippen LogP contribution >= 0.6 is 0 Å². The molecule has 3 atom stereocenters. The summed E-state index contributed by atoms with van der Waals surface area (Å²) >= 11 is 0. The topological polar surface area (TPSA) is 98.5 Å². The van der Waals surface area contributed by atoms with E-state index in [1.54, 1.807) is 6.07 Å². The van der Waals surface area contributed by atoms with Gasteiger partial charge in [-0.05, 0) is 24.5 Å². The number of esters is 1. The first-order chi connectivity index (χ1) is 13.3. The second kappa shape index (κ2) is 9.64. The number of anilines is 1. The van der Waals surface area contributed by atoms with Gasteiger partial charge in [-0.15, -0.1) is 0 Å². The van der Waals surface area contributed by atoms with Crippen molar-refractivity contribution >= 4 is 23.3 Å². The lowest BCUT2D eigenvalue weighted by Gasteiger charge is -2.23. The molecule has 28 heavy (non-hydrogen) atoms. The number of nitrogens with zero attached hydrogens (tertiary/aromatic N) is 1. The van der Waals surface area contributed by atoms with E-state index in [1.807, 2.05) is 44.2 Å². The molecule has 2 rings (SSSR count). The number of amides is 1. The number of hydrogen-bond acceptors (Lipinski definition) is 5. The first kappa shape index (κ1) is 21.1. The summed E-state index contributed by atoms with van der Waals surface area (Å²) in [5, 5.41) is 13.5. The van der Waals surface area contributed by atoms with Crippen LogP contribution in [-0.4, -0.2) is 22.9 Å². The van der Waals surface area contributed by atoms with Gasteiger partial charge in [-0.25, -0.2) is 0 Å². The highest BCUT2D eigenvalue weighted by Gasteiger charge is 2.30. The van der Waals surface area contributed by atoms with E-state index >= 15 is 0 Å². The van der Waals surface area contributed by atoms with Crippen molar-refractivity contribution in [3.63, 3.8) is 0 Å². The third-order valence-electron chi connectivity index (χ3n) is 4.65. The fraction of sp³-hybridized carbons (Fsp3) is 0.333. The third kappa shape index (κ3) is 5.16. The van der Waals surface area contributed by atoms with Gasteiger partial charge in [0.05, 0.1) is 10.8 Å². The predicted octanol–water partition coefficient (Wildman–Crippen LogP) is 4.29. The molecule has 0 spiro atoms. The van der Waals surface area contributed by atoms with Gasteiger partial charge in [-0.3, -0.25) is 19.7 Å². The second-order valence-electron chi connectivity index (χ2n) is 6.62. The van der Waals surface area contributed by atoms with Crippen molar-refractivity contribution in [3.8, 4) is 0 Å². The molecule has 7 heteroatoms. The van der Waals surface area contributed by atoms with Gasteiger partial charge in [0.1, 0.15) is 5.69 Å². The quantitative estimate of drug-likeness (QED) is 0.416. The molecular formula is C21H24N2O5. The van der Waals surface area contributed by atoms with Crippen LogP contribution in [0.5, 0.6) is 0 Å². The lowest BCUT2D eigenvalue weighted by Crippen LogP contribution is -2.33. The number of nitro groups is 1. The number of ether oxygens (including phenoxy) is 1. The number of carbonyl (C=O) groups excluding carboxylic acids is 2. The number of hydrogen-bond donors (Lipinski definition) is 1. The second-order valence-corrected chi connectivity index (χ2v) is 6.62. The first-order valence-corrected chi connectivity index (χ1v) is 9.14. The van der Waals surface area contributed by atoms with E-state index < -0.39 is 28.8 Å². The average molecular weight is 384 g/mol. The molecule has 2 aromatic carbocycles. The predicted molar refractivity (Wildman–Crippen MR) is 106 cm³/mol. The summed E-state index contributed by atoms with van der Waals surface area (Å²) in [5.41, 5.74) is 0.659. The van der Waals surface area contributed by atoms with E-state index in [4.69, 9.17) is 4.74 Å². The molecule has 148 valence electrons. The Labute approximate surface area is 163 Å². The molecule has 0 aromatic heterocycles. The molecule has 1 N–H and O–H groups in total. The lowest BCUT2D eigenvalue weighted by molar-refractivity contribution is -0.383. The Morgan fingerprint density at radius 3 is 2.29 bits per heavy atom. The fourth-order valence-corrected chi connectivity index (χ4v) is 2.87. The van der Waals surface area contributed by atoms with Gasteiger partial charge < -0.3 is 10.1 Å². The van der Waals surface area contributed by atoms with Gasteiger partial charge >= 0.3 is 5.97 Å². The molecule has 0 unspecified atom stereocenters. The fourth-order valence-electron chi connectivity index (χ4n) is 2.87. The summed E-state index contributed by atoms with van der Waals surface area (Å²) in [4.78, 5) is 35.7. The zero-order chi connectivity index (χ0) is 20.7. The van der Waals surface area contributed by atoms with Gasteiger partial charge in [-0.1, -0.05) is 62.7 Å². The molecule has 0 aliphatic rings. The average Bonchev–Trinajstić information content (AvgIpc) is 2.68. The van der Waals surface area contributed by atoms with Crippen molar-refractivity contribution in [2.24, 2.45) is 5.92 Å². The zero-order valence-electron chi connectivity index (χ0n) is 16.1. The smallest absolute Gasteiger partial charge is 0.314 e. The van der Waals surface area contributed by atoms with Crippen molar-refractivity contribution in [3.05, 3.63) is 70.3 Å². The van der Waals surface area contributed by atoms with Gasteiger partial charge in [0, 0.05) is 6.07 Å². The molecule has 0 bridgehead atoms. The van der Waals surface area contributed by atoms with Crippen LogP contribution in [0.1, 0.15) is 38.7 Å². The van der Waals surface area contributed by atoms with Crippen molar-refractivity contribution in [1.82, 2.24) is 0 Å². The molecule has 0 saturated heterocycles. The van der Waals surface area contributed by atoms with Crippen molar-refractivity contribution in [1.29, 1.82) is 0 Å². The monoisotopic (exact) mass is 384 g/mol. The Balaban J connectivity index is 2.12.